The summed E-state index contributed by atoms with van der Waals surface area (Å²) in [6, 6.07) is 10.2. The fourth-order valence-corrected chi connectivity index (χ4v) is 4.88. The van der Waals surface area contributed by atoms with Crippen molar-refractivity contribution in [2.45, 2.75) is 6.54 Å². The molecule has 0 amide bonds. The molecule has 0 bridgehead atoms. The number of likely N-dealkylation sites (N-methyl/N-ethyl adjacent to an activating group) is 1. The molecule has 3 aromatic rings. The molecule has 2 aliphatic heterocycles. The first kappa shape index (κ1) is 19.6. The zero-order valence-electron chi connectivity index (χ0n) is 16.8. The van der Waals surface area contributed by atoms with Crippen LogP contribution in [0.5, 0.6) is 0 Å². The summed E-state index contributed by atoms with van der Waals surface area (Å²) >= 11 is 8.46. The standard InChI is InChI=1S/C21H24ClN7S/c1-27-8-10-28(11-9-27)12-13-29-20-16(18(26-29)15-5-3-2-4-6-15)17(22)19(24-25-20)21-23-7-14-30-21/h2-7,14,24-25H,8-13H2,1H3. The lowest BCUT2D eigenvalue weighted by molar-refractivity contribution is 0.149. The number of fused-ring (bicyclic) bond motifs is 1. The summed E-state index contributed by atoms with van der Waals surface area (Å²) in [7, 11) is 2.18. The van der Waals surface area contributed by atoms with E-state index in [0.29, 0.717) is 5.03 Å². The van der Waals surface area contributed by atoms with Crippen LogP contribution in [-0.4, -0.2) is 64.3 Å². The zero-order chi connectivity index (χ0) is 20.5. The zero-order valence-corrected chi connectivity index (χ0v) is 18.4. The molecule has 5 rings (SSSR count). The smallest absolute Gasteiger partial charge is 0.152 e. The van der Waals surface area contributed by atoms with Gasteiger partial charge in [0.05, 0.1) is 17.1 Å². The summed E-state index contributed by atoms with van der Waals surface area (Å²) < 4.78 is 2.03. The predicted octanol–water partition coefficient (Wildman–Crippen LogP) is 3.25. The molecule has 30 heavy (non-hydrogen) atoms. The van der Waals surface area contributed by atoms with Gasteiger partial charge < -0.3 is 4.90 Å². The number of rotatable bonds is 5. The van der Waals surface area contributed by atoms with Crippen LogP contribution in [0.15, 0.2) is 41.9 Å². The Hall–Kier alpha value is -2.39. The van der Waals surface area contributed by atoms with E-state index in [2.05, 4.69) is 44.8 Å². The number of thiazole rings is 1. The topological polar surface area (TPSA) is 61.2 Å². The maximum absolute atomic E-state index is 6.91. The van der Waals surface area contributed by atoms with Gasteiger partial charge in [-0.1, -0.05) is 41.9 Å². The molecular formula is C21H24ClN7S. The molecule has 0 saturated carbocycles. The Morgan fingerprint density at radius 3 is 2.60 bits per heavy atom. The number of hydrogen-bond acceptors (Lipinski definition) is 7. The molecule has 0 aliphatic carbocycles. The predicted molar refractivity (Wildman–Crippen MR) is 123 cm³/mol. The fourth-order valence-electron chi connectivity index (χ4n) is 3.86. The minimum Gasteiger partial charge on any atom is -0.304 e. The van der Waals surface area contributed by atoms with Gasteiger partial charge in [-0.2, -0.15) is 5.10 Å². The molecule has 2 N–H and O–H groups in total. The van der Waals surface area contributed by atoms with Crippen LogP contribution in [0.3, 0.4) is 0 Å². The number of aromatic nitrogens is 3. The summed E-state index contributed by atoms with van der Waals surface area (Å²) in [5.41, 5.74) is 10.2. The van der Waals surface area contributed by atoms with Gasteiger partial charge in [-0.05, 0) is 7.05 Å². The first-order chi connectivity index (χ1) is 14.7. The highest BCUT2D eigenvalue weighted by molar-refractivity contribution is 7.10. The van der Waals surface area contributed by atoms with Crippen molar-refractivity contribution in [3.8, 4) is 11.3 Å². The minimum absolute atomic E-state index is 0.642. The molecule has 1 aromatic carbocycles. The Morgan fingerprint density at radius 1 is 1.07 bits per heavy atom. The highest BCUT2D eigenvalue weighted by Crippen LogP contribution is 2.42. The summed E-state index contributed by atoms with van der Waals surface area (Å²) in [5.74, 6) is 0.897. The lowest BCUT2D eigenvalue weighted by Crippen LogP contribution is -2.45. The highest BCUT2D eigenvalue weighted by Gasteiger charge is 2.29. The molecule has 2 aliphatic rings. The number of nitrogens with one attached hydrogen (secondary N) is 2. The van der Waals surface area contributed by atoms with Crippen LogP contribution in [0.4, 0.5) is 5.82 Å². The van der Waals surface area contributed by atoms with Gasteiger partial charge in [-0.15, -0.1) is 11.3 Å². The van der Waals surface area contributed by atoms with E-state index in [1.165, 1.54) is 0 Å². The molecule has 1 fully saturated rings. The van der Waals surface area contributed by atoms with Crippen molar-refractivity contribution in [3.63, 3.8) is 0 Å². The third-order valence-electron chi connectivity index (χ3n) is 5.61. The SMILES string of the molecule is CN1CCN(CCn2nc(-c3ccccc3)c3c2NNC(c2nccs2)=C3Cl)CC1. The quantitative estimate of drug-likeness (QED) is 0.633. The second-order valence-electron chi connectivity index (χ2n) is 7.58. The van der Waals surface area contributed by atoms with Crippen LogP contribution >= 0.6 is 22.9 Å². The van der Waals surface area contributed by atoms with E-state index >= 15 is 0 Å². The van der Waals surface area contributed by atoms with Gasteiger partial charge >= 0.3 is 0 Å². The van der Waals surface area contributed by atoms with Crippen molar-refractivity contribution >= 4 is 39.5 Å². The van der Waals surface area contributed by atoms with Gasteiger partial charge in [0.2, 0.25) is 0 Å². The third kappa shape index (κ3) is 3.72. The van der Waals surface area contributed by atoms with E-state index in [4.69, 9.17) is 16.7 Å². The molecular weight excluding hydrogens is 418 g/mol. The number of halogens is 1. The first-order valence-electron chi connectivity index (χ1n) is 10.1. The average molecular weight is 442 g/mol. The van der Waals surface area contributed by atoms with Crippen LogP contribution in [0.2, 0.25) is 0 Å². The van der Waals surface area contributed by atoms with Crippen LogP contribution in [0.1, 0.15) is 10.6 Å². The Labute approximate surface area is 184 Å². The molecule has 7 nitrogen and oxygen atoms in total. The Kier molecular flexibility index (Phi) is 5.47. The van der Waals surface area contributed by atoms with Gasteiger partial charge in [0, 0.05) is 49.9 Å². The fraction of sp³-hybridized carbons (Fsp3) is 0.333. The lowest BCUT2D eigenvalue weighted by atomic mass is 10.1. The Bertz CT molecular complexity index is 1040. The van der Waals surface area contributed by atoms with Crippen molar-refractivity contribution in [1.29, 1.82) is 0 Å². The lowest BCUT2D eigenvalue weighted by Gasteiger charge is -2.32. The maximum atomic E-state index is 6.91. The molecule has 1 saturated heterocycles. The van der Waals surface area contributed by atoms with Crippen LogP contribution in [0.25, 0.3) is 22.0 Å². The molecule has 0 atom stereocenters. The van der Waals surface area contributed by atoms with Gasteiger partial charge in [-0.3, -0.25) is 15.8 Å². The number of nitrogens with zero attached hydrogens (tertiary/aromatic N) is 5. The summed E-state index contributed by atoms with van der Waals surface area (Å²) in [5, 5.41) is 8.41. The molecule has 4 heterocycles. The van der Waals surface area contributed by atoms with Crippen LogP contribution in [0, 0.1) is 0 Å². The van der Waals surface area contributed by atoms with Gasteiger partial charge in [-0.25, -0.2) is 9.67 Å². The first-order valence-corrected chi connectivity index (χ1v) is 11.4. The summed E-state index contributed by atoms with van der Waals surface area (Å²) in [6.45, 7) is 6.15. The van der Waals surface area contributed by atoms with Crippen molar-refractivity contribution < 1.29 is 0 Å². The number of piperazine rings is 1. The number of anilines is 1. The molecule has 156 valence electrons. The van der Waals surface area contributed by atoms with Crippen molar-refractivity contribution in [2.75, 3.05) is 45.2 Å². The van der Waals surface area contributed by atoms with Crippen molar-refractivity contribution in [2.24, 2.45) is 0 Å². The van der Waals surface area contributed by atoms with Gasteiger partial charge in [0.15, 0.2) is 5.82 Å². The van der Waals surface area contributed by atoms with E-state index in [1.54, 1.807) is 17.5 Å². The van der Waals surface area contributed by atoms with E-state index in [1.807, 2.05) is 28.3 Å². The number of hydrogen-bond donors (Lipinski definition) is 2. The third-order valence-corrected chi connectivity index (χ3v) is 6.78. The van der Waals surface area contributed by atoms with Crippen LogP contribution in [-0.2, 0) is 6.54 Å². The molecule has 2 aromatic heterocycles. The van der Waals surface area contributed by atoms with Crippen molar-refractivity contribution in [1.82, 2.24) is 30.0 Å². The summed E-state index contributed by atoms with van der Waals surface area (Å²) in [4.78, 5) is 9.27. The van der Waals surface area contributed by atoms with Gasteiger partial charge in [0.25, 0.3) is 0 Å². The van der Waals surface area contributed by atoms with Crippen molar-refractivity contribution in [3.05, 3.63) is 52.5 Å². The Morgan fingerprint density at radius 2 is 1.87 bits per heavy atom. The average Bonchev–Trinajstić information content (AvgIpc) is 3.43. The maximum Gasteiger partial charge on any atom is 0.152 e. The summed E-state index contributed by atoms with van der Waals surface area (Å²) in [6.07, 6.45) is 1.78. The van der Waals surface area contributed by atoms with Crippen LogP contribution < -0.4 is 10.9 Å². The Balaban J connectivity index is 1.50. The van der Waals surface area contributed by atoms with E-state index in [-0.39, 0.29) is 0 Å². The number of hydrazine groups is 1. The second-order valence-corrected chi connectivity index (χ2v) is 8.86. The molecule has 0 spiro atoms. The largest absolute Gasteiger partial charge is 0.304 e. The highest BCUT2D eigenvalue weighted by atomic mass is 35.5. The second kappa shape index (κ2) is 8.39. The van der Waals surface area contributed by atoms with E-state index in [0.717, 1.165) is 72.6 Å². The monoisotopic (exact) mass is 441 g/mol. The minimum atomic E-state index is 0.642. The van der Waals surface area contributed by atoms with E-state index in [9.17, 15) is 0 Å². The molecule has 9 heteroatoms. The van der Waals surface area contributed by atoms with E-state index < -0.39 is 0 Å². The number of benzene rings is 1. The van der Waals surface area contributed by atoms with Gasteiger partial charge in [0.1, 0.15) is 16.4 Å². The normalized spacial score (nSPS) is 17.5. The molecule has 0 unspecified atom stereocenters. The molecule has 0 radical (unpaired) electrons.